The number of amides is 3. The van der Waals surface area contributed by atoms with Gasteiger partial charge in [-0.05, 0) is 55.3 Å². The molecule has 29 heavy (non-hydrogen) atoms. The van der Waals surface area contributed by atoms with E-state index in [1.807, 2.05) is 26.0 Å². The highest BCUT2D eigenvalue weighted by Crippen LogP contribution is 2.32. The molecule has 3 amide bonds. The zero-order valence-corrected chi connectivity index (χ0v) is 16.6. The maximum atomic E-state index is 12.9. The Morgan fingerprint density at radius 1 is 1.10 bits per heavy atom. The van der Waals surface area contributed by atoms with Gasteiger partial charge in [-0.15, -0.1) is 0 Å². The summed E-state index contributed by atoms with van der Waals surface area (Å²) >= 11 is 5.88. The maximum Gasteiger partial charge on any atom is 0.263 e. The molecule has 1 N–H and O–H groups in total. The summed E-state index contributed by atoms with van der Waals surface area (Å²) in [5.41, 5.74) is 3.12. The van der Waals surface area contributed by atoms with Gasteiger partial charge in [-0.3, -0.25) is 19.4 Å². The first-order valence-electron chi connectivity index (χ1n) is 9.03. The zero-order chi connectivity index (χ0) is 20.7. The van der Waals surface area contributed by atoms with E-state index in [4.69, 9.17) is 11.6 Å². The van der Waals surface area contributed by atoms with E-state index in [-0.39, 0.29) is 12.5 Å². The van der Waals surface area contributed by atoms with E-state index in [0.717, 1.165) is 16.0 Å². The largest absolute Gasteiger partial charge is 0.324 e. The molecule has 2 aromatic carbocycles. The van der Waals surface area contributed by atoms with E-state index in [2.05, 4.69) is 15.7 Å². The molecule has 8 nitrogen and oxygen atoms in total. The van der Waals surface area contributed by atoms with Crippen LogP contribution in [0.15, 0.2) is 52.8 Å². The summed E-state index contributed by atoms with van der Waals surface area (Å²) in [5.74, 6) is -1.28. The van der Waals surface area contributed by atoms with E-state index in [0.29, 0.717) is 16.4 Å². The van der Waals surface area contributed by atoms with Crippen LogP contribution in [-0.4, -0.2) is 41.4 Å². The van der Waals surface area contributed by atoms with Crippen LogP contribution >= 0.6 is 11.6 Å². The predicted octanol–water partition coefficient (Wildman–Crippen LogP) is 2.89. The van der Waals surface area contributed by atoms with Crippen LogP contribution in [0.3, 0.4) is 0 Å². The molecule has 1 fully saturated rings. The Balaban J connectivity index is 1.49. The number of imide groups is 1. The smallest absolute Gasteiger partial charge is 0.263 e. The average Bonchev–Trinajstić information content (AvgIpc) is 3.20. The molecule has 0 bridgehead atoms. The molecular weight excluding hydrogens is 394 g/mol. The van der Waals surface area contributed by atoms with Crippen LogP contribution in [0, 0.1) is 13.8 Å². The van der Waals surface area contributed by atoms with Gasteiger partial charge < -0.3 is 5.32 Å². The van der Waals surface area contributed by atoms with Crippen molar-refractivity contribution in [2.75, 3.05) is 16.8 Å². The fraction of sp³-hybridized carbons (Fsp3) is 0.250. The maximum absolute atomic E-state index is 12.9. The molecule has 0 radical (unpaired) electrons. The number of aryl methyl sites for hydroxylation is 1. The molecule has 2 heterocycles. The minimum atomic E-state index is -0.952. The summed E-state index contributed by atoms with van der Waals surface area (Å²) in [4.78, 5) is 39.2. The summed E-state index contributed by atoms with van der Waals surface area (Å²) in [6, 6.07) is 10.1. The van der Waals surface area contributed by atoms with Crippen molar-refractivity contribution in [3.05, 3.63) is 58.6 Å². The van der Waals surface area contributed by atoms with Gasteiger partial charge in [0.25, 0.3) is 11.8 Å². The fourth-order valence-electron chi connectivity index (χ4n) is 3.42. The van der Waals surface area contributed by atoms with Gasteiger partial charge in [-0.1, -0.05) is 29.0 Å². The quantitative estimate of drug-likeness (QED) is 0.782. The minimum absolute atomic E-state index is 0.189. The Morgan fingerprint density at radius 2 is 1.83 bits per heavy atom. The number of fused-ring (bicyclic) bond motifs is 1. The Bertz CT molecular complexity index is 1040. The van der Waals surface area contributed by atoms with Gasteiger partial charge in [-0.2, -0.15) is 5.11 Å². The first-order valence-corrected chi connectivity index (χ1v) is 9.41. The highest BCUT2D eigenvalue weighted by Gasteiger charge is 2.55. The van der Waals surface area contributed by atoms with Crippen molar-refractivity contribution in [1.82, 2.24) is 5.01 Å². The number of anilines is 2. The van der Waals surface area contributed by atoms with Crippen molar-refractivity contribution in [1.29, 1.82) is 0 Å². The number of rotatable bonds is 4. The lowest BCUT2D eigenvalue weighted by Gasteiger charge is -2.20. The van der Waals surface area contributed by atoms with Crippen molar-refractivity contribution >= 4 is 40.7 Å². The minimum Gasteiger partial charge on any atom is -0.324 e. The molecule has 148 valence electrons. The predicted molar refractivity (Wildman–Crippen MR) is 108 cm³/mol. The van der Waals surface area contributed by atoms with E-state index < -0.39 is 23.9 Å². The van der Waals surface area contributed by atoms with Gasteiger partial charge in [0.05, 0.1) is 5.69 Å². The fourth-order valence-corrected chi connectivity index (χ4v) is 3.55. The first kappa shape index (κ1) is 19.1. The lowest BCUT2D eigenvalue weighted by molar-refractivity contribution is -0.123. The van der Waals surface area contributed by atoms with Gasteiger partial charge in [0.15, 0.2) is 12.1 Å². The van der Waals surface area contributed by atoms with E-state index in [9.17, 15) is 14.4 Å². The Hall–Kier alpha value is -3.26. The Labute approximate surface area is 172 Å². The van der Waals surface area contributed by atoms with Crippen LogP contribution in [0.25, 0.3) is 0 Å². The van der Waals surface area contributed by atoms with E-state index in [1.165, 1.54) is 5.01 Å². The van der Waals surface area contributed by atoms with Crippen molar-refractivity contribution in [3.8, 4) is 0 Å². The molecule has 4 rings (SSSR count). The standard InChI is InChI=1S/C20H18ClN5O3/c1-11-4-3-5-15(12(11)2)22-16(27)10-25-18-17(23-24-25)19(28)26(20(18)29)14-8-6-13(21)7-9-14/h3-9,17-18H,10H2,1-2H3,(H,22,27). The van der Waals surface area contributed by atoms with Crippen LogP contribution in [0.2, 0.25) is 5.02 Å². The highest BCUT2D eigenvalue weighted by molar-refractivity contribution is 6.31. The summed E-state index contributed by atoms with van der Waals surface area (Å²) in [5, 5.41) is 12.4. The number of benzene rings is 2. The molecule has 2 aliphatic rings. The monoisotopic (exact) mass is 411 g/mol. The lowest BCUT2D eigenvalue weighted by atomic mass is 10.1. The number of nitrogens with one attached hydrogen (secondary N) is 1. The SMILES string of the molecule is Cc1cccc(NC(=O)CN2N=NC3C(=O)N(c4ccc(Cl)cc4)C(=O)C32)c1C. The number of hydrogen-bond donors (Lipinski definition) is 1. The van der Waals surface area contributed by atoms with Gasteiger partial charge in [0.2, 0.25) is 5.91 Å². The number of halogens is 1. The number of carbonyl (C=O) groups is 3. The van der Waals surface area contributed by atoms with E-state index in [1.54, 1.807) is 30.3 Å². The van der Waals surface area contributed by atoms with Gasteiger partial charge in [-0.25, -0.2) is 4.90 Å². The normalized spacial score (nSPS) is 20.4. The summed E-state index contributed by atoms with van der Waals surface area (Å²) < 4.78 is 0. The highest BCUT2D eigenvalue weighted by atomic mass is 35.5. The van der Waals surface area contributed by atoms with Crippen LogP contribution in [-0.2, 0) is 14.4 Å². The summed E-state index contributed by atoms with van der Waals surface area (Å²) in [6.45, 7) is 3.68. The van der Waals surface area contributed by atoms with Gasteiger partial charge in [0.1, 0.15) is 6.54 Å². The van der Waals surface area contributed by atoms with Crippen LogP contribution in [0.1, 0.15) is 11.1 Å². The molecule has 2 aliphatic heterocycles. The van der Waals surface area contributed by atoms with Crippen molar-refractivity contribution < 1.29 is 14.4 Å². The third-order valence-electron chi connectivity index (χ3n) is 5.13. The number of nitrogens with zero attached hydrogens (tertiary/aromatic N) is 4. The van der Waals surface area contributed by atoms with Crippen molar-refractivity contribution in [2.24, 2.45) is 10.3 Å². The summed E-state index contributed by atoms with van der Waals surface area (Å²) in [6.07, 6.45) is 0. The first-order chi connectivity index (χ1) is 13.9. The van der Waals surface area contributed by atoms with E-state index >= 15 is 0 Å². The van der Waals surface area contributed by atoms with Crippen LogP contribution < -0.4 is 10.2 Å². The molecule has 0 spiro atoms. The van der Waals surface area contributed by atoms with Gasteiger partial charge in [0, 0.05) is 10.7 Å². The average molecular weight is 412 g/mol. The molecule has 2 aromatic rings. The van der Waals surface area contributed by atoms with Crippen LogP contribution in [0.4, 0.5) is 11.4 Å². The van der Waals surface area contributed by atoms with Crippen molar-refractivity contribution in [3.63, 3.8) is 0 Å². The Kier molecular flexibility index (Phi) is 4.79. The second-order valence-electron chi connectivity index (χ2n) is 6.98. The molecular formula is C20H18ClN5O3. The summed E-state index contributed by atoms with van der Waals surface area (Å²) in [7, 11) is 0. The molecule has 0 saturated carbocycles. The topological polar surface area (TPSA) is 94.4 Å². The van der Waals surface area contributed by atoms with Gasteiger partial charge >= 0.3 is 0 Å². The third-order valence-corrected chi connectivity index (χ3v) is 5.38. The van der Waals surface area contributed by atoms with Crippen molar-refractivity contribution in [2.45, 2.75) is 25.9 Å². The molecule has 9 heteroatoms. The zero-order valence-electron chi connectivity index (χ0n) is 15.8. The number of carbonyl (C=O) groups excluding carboxylic acids is 3. The second kappa shape index (κ2) is 7.29. The molecule has 0 aliphatic carbocycles. The lowest BCUT2D eigenvalue weighted by Crippen LogP contribution is -2.43. The molecule has 0 aromatic heterocycles. The molecule has 2 atom stereocenters. The Morgan fingerprint density at radius 3 is 2.55 bits per heavy atom. The third kappa shape index (κ3) is 3.36. The van der Waals surface area contributed by atoms with Crippen LogP contribution in [0.5, 0.6) is 0 Å². The molecule has 2 unspecified atom stereocenters. The molecule has 1 saturated heterocycles. The second-order valence-corrected chi connectivity index (χ2v) is 7.41. The number of hydrogen-bond acceptors (Lipinski definition) is 6.